The Morgan fingerprint density at radius 3 is 2.33 bits per heavy atom. The van der Waals surface area contributed by atoms with Crippen LogP contribution in [0.15, 0.2) is 0 Å². The predicted molar refractivity (Wildman–Crippen MR) is 60.0 cm³/mol. The highest BCUT2D eigenvalue weighted by atomic mass is 28.4. The number of carbonyl (C=O) groups excluding carboxylic acids is 1. The minimum absolute atomic E-state index is 0.0155. The molecule has 3 nitrogen and oxygen atoms in total. The van der Waals surface area contributed by atoms with Crippen LogP contribution in [0, 0.1) is 11.8 Å². The van der Waals surface area contributed by atoms with Gasteiger partial charge in [-0.3, -0.25) is 4.79 Å². The third kappa shape index (κ3) is 2.11. The molecule has 2 atom stereocenters. The van der Waals surface area contributed by atoms with Gasteiger partial charge in [0.05, 0.1) is 18.6 Å². The van der Waals surface area contributed by atoms with Gasteiger partial charge in [0.15, 0.2) is 8.32 Å². The van der Waals surface area contributed by atoms with E-state index in [0.717, 1.165) is 6.42 Å². The first-order chi connectivity index (χ1) is 6.89. The molecule has 0 amide bonds. The maximum Gasteiger partial charge on any atom is 0.311 e. The molecule has 2 rings (SSSR count). The van der Waals surface area contributed by atoms with Gasteiger partial charge in [0, 0.05) is 0 Å². The molecule has 2 aliphatic rings. The minimum atomic E-state index is -1.56. The molecule has 0 radical (unpaired) electrons. The van der Waals surface area contributed by atoms with E-state index in [1.54, 1.807) is 0 Å². The zero-order valence-corrected chi connectivity index (χ0v) is 11.0. The van der Waals surface area contributed by atoms with Crippen molar-refractivity contribution >= 4 is 14.3 Å². The Hall–Kier alpha value is -0.353. The highest BCUT2D eigenvalue weighted by Crippen LogP contribution is 2.61. The summed E-state index contributed by atoms with van der Waals surface area (Å²) in [7, 11) is -0.0960. The number of rotatable bonds is 4. The van der Waals surface area contributed by atoms with Crippen LogP contribution in [-0.2, 0) is 14.0 Å². The van der Waals surface area contributed by atoms with Crippen LogP contribution in [0.1, 0.15) is 19.3 Å². The maximum absolute atomic E-state index is 11.5. The van der Waals surface area contributed by atoms with Gasteiger partial charge in [0.2, 0.25) is 0 Å². The first-order valence-electron chi connectivity index (χ1n) is 5.67. The first-order valence-corrected chi connectivity index (χ1v) is 9.08. The summed E-state index contributed by atoms with van der Waals surface area (Å²) in [5, 5.41) is 0. The summed E-state index contributed by atoms with van der Waals surface area (Å²) < 4.78 is 11.1. The average Bonchev–Trinajstić information content (AvgIpc) is 2.92. The summed E-state index contributed by atoms with van der Waals surface area (Å²) in [4.78, 5) is 11.5. The lowest BCUT2D eigenvalue weighted by Crippen LogP contribution is -2.37. The largest absolute Gasteiger partial charge is 0.469 e. The van der Waals surface area contributed by atoms with Gasteiger partial charge in [-0.1, -0.05) is 0 Å². The Morgan fingerprint density at radius 2 is 1.93 bits per heavy atom. The van der Waals surface area contributed by atoms with Crippen molar-refractivity contribution in [1.29, 1.82) is 0 Å². The fraction of sp³-hybridized carbons (Fsp3) is 0.909. The van der Waals surface area contributed by atoms with Crippen LogP contribution in [0.4, 0.5) is 0 Å². The molecule has 2 fully saturated rings. The monoisotopic (exact) mass is 228 g/mol. The van der Waals surface area contributed by atoms with E-state index in [4.69, 9.17) is 9.16 Å². The second-order valence-corrected chi connectivity index (χ2v) is 10.2. The lowest BCUT2D eigenvalue weighted by atomic mass is 10.1. The third-order valence-electron chi connectivity index (χ3n) is 3.20. The van der Waals surface area contributed by atoms with Crippen LogP contribution in [0.3, 0.4) is 0 Å². The smallest absolute Gasteiger partial charge is 0.311 e. The first kappa shape index (κ1) is 11.1. The summed E-state index contributed by atoms with van der Waals surface area (Å²) >= 11 is 0. The van der Waals surface area contributed by atoms with Crippen molar-refractivity contribution in [2.24, 2.45) is 11.8 Å². The molecule has 0 aromatic carbocycles. The van der Waals surface area contributed by atoms with E-state index in [2.05, 4.69) is 19.6 Å². The number of esters is 1. The molecular weight excluding hydrogens is 208 g/mol. The standard InChI is InChI=1S/C11H20O3Si/c1-13-10(12)9-7-11(9,8-5-6-8)14-15(2,3)4/h8-9H,5-7H2,1-4H3. The van der Waals surface area contributed by atoms with E-state index in [9.17, 15) is 4.79 Å². The Balaban J connectivity index is 2.05. The normalized spacial score (nSPS) is 35.1. The van der Waals surface area contributed by atoms with Crippen molar-refractivity contribution in [1.82, 2.24) is 0 Å². The average molecular weight is 228 g/mol. The number of methoxy groups -OCH3 is 1. The van der Waals surface area contributed by atoms with E-state index < -0.39 is 8.32 Å². The molecule has 0 aromatic heterocycles. The second-order valence-electron chi connectivity index (χ2n) is 5.72. The van der Waals surface area contributed by atoms with Crippen molar-refractivity contribution in [2.75, 3.05) is 7.11 Å². The SMILES string of the molecule is COC(=O)C1CC1(O[Si](C)(C)C)C1CC1. The van der Waals surface area contributed by atoms with Crippen LogP contribution >= 0.6 is 0 Å². The Kier molecular flexibility index (Phi) is 2.46. The van der Waals surface area contributed by atoms with Gasteiger partial charge in [0.1, 0.15) is 0 Å². The molecular formula is C11H20O3Si. The summed E-state index contributed by atoms with van der Waals surface area (Å²) in [5.41, 5.74) is -0.127. The van der Waals surface area contributed by atoms with Crippen molar-refractivity contribution in [2.45, 2.75) is 44.5 Å². The van der Waals surface area contributed by atoms with Gasteiger partial charge >= 0.3 is 5.97 Å². The summed E-state index contributed by atoms with van der Waals surface area (Å²) in [5.74, 6) is 0.551. The molecule has 86 valence electrons. The quantitative estimate of drug-likeness (QED) is 0.546. The second kappa shape index (κ2) is 3.32. The fourth-order valence-corrected chi connectivity index (χ4v) is 4.01. The number of hydrogen-bond donors (Lipinski definition) is 0. The Morgan fingerprint density at radius 1 is 1.33 bits per heavy atom. The molecule has 2 unspecified atom stereocenters. The van der Waals surface area contributed by atoms with E-state index in [1.165, 1.54) is 20.0 Å². The molecule has 0 bridgehead atoms. The molecule has 15 heavy (non-hydrogen) atoms. The van der Waals surface area contributed by atoms with Crippen molar-refractivity contribution < 1.29 is 14.0 Å². The summed E-state index contributed by atoms with van der Waals surface area (Å²) in [6.07, 6.45) is 3.32. The van der Waals surface area contributed by atoms with Crippen molar-refractivity contribution in [3.8, 4) is 0 Å². The van der Waals surface area contributed by atoms with E-state index >= 15 is 0 Å². The zero-order valence-electron chi connectivity index (χ0n) is 10.0. The number of carbonyl (C=O) groups is 1. The molecule has 0 aromatic rings. The van der Waals surface area contributed by atoms with Gasteiger partial charge in [-0.05, 0) is 44.8 Å². The van der Waals surface area contributed by atoms with Crippen LogP contribution in [-0.4, -0.2) is 27.0 Å². The summed E-state index contributed by atoms with van der Waals surface area (Å²) in [6.45, 7) is 6.55. The number of hydrogen-bond acceptors (Lipinski definition) is 3. The van der Waals surface area contributed by atoms with Crippen LogP contribution in [0.5, 0.6) is 0 Å². The molecule has 0 spiro atoms. The van der Waals surface area contributed by atoms with Crippen molar-refractivity contribution in [3.05, 3.63) is 0 Å². The molecule has 2 saturated carbocycles. The van der Waals surface area contributed by atoms with Gasteiger partial charge < -0.3 is 9.16 Å². The number of ether oxygens (including phenoxy) is 1. The lowest BCUT2D eigenvalue weighted by molar-refractivity contribution is -0.144. The maximum atomic E-state index is 11.5. The molecule has 0 aliphatic heterocycles. The summed E-state index contributed by atoms with van der Waals surface area (Å²) in [6, 6.07) is 0. The fourth-order valence-electron chi connectivity index (χ4n) is 2.47. The molecule has 0 N–H and O–H groups in total. The van der Waals surface area contributed by atoms with Crippen LogP contribution < -0.4 is 0 Å². The predicted octanol–water partition coefficient (Wildman–Crippen LogP) is 2.18. The Bertz CT molecular complexity index is 280. The van der Waals surface area contributed by atoms with Gasteiger partial charge in [0.25, 0.3) is 0 Å². The Labute approximate surface area is 92.3 Å². The third-order valence-corrected chi connectivity index (χ3v) is 4.20. The molecule has 0 saturated heterocycles. The van der Waals surface area contributed by atoms with Gasteiger partial charge in [-0.25, -0.2) is 0 Å². The van der Waals surface area contributed by atoms with E-state index in [0.29, 0.717) is 5.92 Å². The minimum Gasteiger partial charge on any atom is -0.469 e. The van der Waals surface area contributed by atoms with Crippen LogP contribution in [0.25, 0.3) is 0 Å². The highest BCUT2D eigenvalue weighted by Gasteiger charge is 2.67. The van der Waals surface area contributed by atoms with E-state index in [1.807, 2.05) is 0 Å². The molecule has 4 heteroatoms. The zero-order chi connectivity index (χ0) is 11.3. The highest BCUT2D eigenvalue weighted by molar-refractivity contribution is 6.69. The van der Waals surface area contributed by atoms with Gasteiger partial charge in [-0.15, -0.1) is 0 Å². The van der Waals surface area contributed by atoms with Crippen LogP contribution in [0.2, 0.25) is 19.6 Å². The van der Waals surface area contributed by atoms with Gasteiger partial charge in [-0.2, -0.15) is 0 Å². The lowest BCUT2D eigenvalue weighted by Gasteiger charge is -2.27. The van der Waals surface area contributed by atoms with E-state index in [-0.39, 0.29) is 17.5 Å². The topological polar surface area (TPSA) is 35.5 Å². The van der Waals surface area contributed by atoms with Crippen molar-refractivity contribution in [3.63, 3.8) is 0 Å². The molecule has 0 heterocycles. The molecule has 2 aliphatic carbocycles.